The second kappa shape index (κ2) is 9.78. The van der Waals surface area contributed by atoms with Crippen molar-refractivity contribution in [3.63, 3.8) is 0 Å². The Balaban J connectivity index is 2.22. The van der Waals surface area contributed by atoms with E-state index in [2.05, 4.69) is 18.3 Å². The summed E-state index contributed by atoms with van der Waals surface area (Å²) in [6.45, 7) is 5.15. The van der Waals surface area contributed by atoms with Gasteiger partial charge in [0.05, 0.1) is 20.3 Å². The van der Waals surface area contributed by atoms with Crippen LogP contribution >= 0.6 is 0 Å². The Hall–Kier alpha value is -1.10. The molecule has 0 aliphatic heterocycles. The number of para-hydroxylation sites is 1. The van der Waals surface area contributed by atoms with Crippen LogP contribution in [0.4, 0.5) is 0 Å². The summed E-state index contributed by atoms with van der Waals surface area (Å²) >= 11 is 0. The monoisotopic (exact) mass is 267 g/mol. The van der Waals surface area contributed by atoms with E-state index in [1.165, 1.54) is 5.56 Å². The standard InChI is InChI=1S/C15H25NO3/c1-13(14-7-4-5-8-15(14)18-3)16-9-6-10-19-12-11-17-2/h4-5,7-8,13,16H,6,9-12H2,1-3H3/t13-/m0/s1. The van der Waals surface area contributed by atoms with Crippen LogP contribution in [-0.2, 0) is 9.47 Å². The summed E-state index contributed by atoms with van der Waals surface area (Å²) in [6, 6.07) is 8.37. The normalized spacial score (nSPS) is 12.4. The average Bonchev–Trinajstić information content (AvgIpc) is 2.46. The van der Waals surface area contributed by atoms with Crippen LogP contribution in [0.5, 0.6) is 5.75 Å². The smallest absolute Gasteiger partial charge is 0.123 e. The first-order chi connectivity index (χ1) is 9.29. The van der Waals surface area contributed by atoms with E-state index in [-0.39, 0.29) is 6.04 Å². The van der Waals surface area contributed by atoms with Gasteiger partial charge in [-0.1, -0.05) is 18.2 Å². The van der Waals surface area contributed by atoms with Gasteiger partial charge in [0.2, 0.25) is 0 Å². The Kier molecular flexibility index (Phi) is 8.21. The molecule has 1 rings (SSSR count). The minimum absolute atomic E-state index is 0.273. The lowest BCUT2D eigenvalue weighted by molar-refractivity contribution is 0.0693. The highest BCUT2D eigenvalue weighted by molar-refractivity contribution is 5.35. The molecular weight excluding hydrogens is 242 g/mol. The van der Waals surface area contributed by atoms with Gasteiger partial charge in [-0.15, -0.1) is 0 Å². The van der Waals surface area contributed by atoms with E-state index in [0.717, 1.165) is 25.3 Å². The molecule has 0 fully saturated rings. The largest absolute Gasteiger partial charge is 0.496 e. The maximum absolute atomic E-state index is 5.42. The molecule has 19 heavy (non-hydrogen) atoms. The molecule has 1 atom stereocenters. The Morgan fingerprint density at radius 2 is 1.89 bits per heavy atom. The predicted molar refractivity (Wildman–Crippen MR) is 76.7 cm³/mol. The zero-order valence-electron chi connectivity index (χ0n) is 12.1. The maximum atomic E-state index is 5.42. The second-order valence-corrected chi connectivity index (χ2v) is 4.38. The first kappa shape index (κ1) is 16.0. The Morgan fingerprint density at radius 3 is 2.63 bits per heavy atom. The van der Waals surface area contributed by atoms with E-state index in [0.29, 0.717) is 13.2 Å². The van der Waals surface area contributed by atoms with Gasteiger partial charge in [0.15, 0.2) is 0 Å². The zero-order valence-corrected chi connectivity index (χ0v) is 12.1. The van der Waals surface area contributed by atoms with Crippen LogP contribution in [0.1, 0.15) is 24.9 Å². The molecule has 0 amide bonds. The molecule has 0 aliphatic rings. The Bertz CT molecular complexity index is 344. The van der Waals surface area contributed by atoms with Gasteiger partial charge in [-0.05, 0) is 26.0 Å². The highest BCUT2D eigenvalue weighted by atomic mass is 16.5. The fraction of sp³-hybridized carbons (Fsp3) is 0.600. The van der Waals surface area contributed by atoms with Crippen LogP contribution in [0.2, 0.25) is 0 Å². The first-order valence-corrected chi connectivity index (χ1v) is 6.72. The van der Waals surface area contributed by atoms with Crippen molar-refractivity contribution in [1.82, 2.24) is 5.32 Å². The molecule has 1 aromatic rings. The predicted octanol–water partition coefficient (Wildman–Crippen LogP) is 2.40. The van der Waals surface area contributed by atoms with Crippen molar-refractivity contribution in [1.29, 1.82) is 0 Å². The van der Waals surface area contributed by atoms with E-state index in [1.54, 1.807) is 14.2 Å². The van der Waals surface area contributed by atoms with Gasteiger partial charge in [-0.2, -0.15) is 0 Å². The summed E-state index contributed by atoms with van der Waals surface area (Å²) in [4.78, 5) is 0. The summed E-state index contributed by atoms with van der Waals surface area (Å²) < 4.78 is 15.7. The van der Waals surface area contributed by atoms with E-state index < -0.39 is 0 Å². The topological polar surface area (TPSA) is 39.7 Å². The highest BCUT2D eigenvalue weighted by Crippen LogP contribution is 2.23. The van der Waals surface area contributed by atoms with E-state index in [9.17, 15) is 0 Å². The third-order valence-electron chi connectivity index (χ3n) is 2.95. The van der Waals surface area contributed by atoms with Gasteiger partial charge < -0.3 is 19.5 Å². The van der Waals surface area contributed by atoms with Crippen LogP contribution in [0.3, 0.4) is 0 Å². The molecule has 0 unspecified atom stereocenters. The molecular formula is C15H25NO3. The van der Waals surface area contributed by atoms with Crippen molar-refractivity contribution in [3.8, 4) is 5.75 Å². The van der Waals surface area contributed by atoms with Gasteiger partial charge in [0.1, 0.15) is 5.75 Å². The van der Waals surface area contributed by atoms with Gasteiger partial charge in [-0.3, -0.25) is 0 Å². The minimum Gasteiger partial charge on any atom is -0.496 e. The molecule has 0 heterocycles. The average molecular weight is 267 g/mol. The van der Waals surface area contributed by atoms with Crippen LogP contribution in [0, 0.1) is 0 Å². The lowest BCUT2D eigenvalue weighted by Crippen LogP contribution is -2.21. The van der Waals surface area contributed by atoms with Gasteiger partial charge in [-0.25, -0.2) is 0 Å². The highest BCUT2D eigenvalue weighted by Gasteiger charge is 2.09. The first-order valence-electron chi connectivity index (χ1n) is 6.72. The number of hydrogen-bond acceptors (Lipinski definition) is 4. The fourth-order valence-electron chi connectivity index (χ4n) is 1.87. The molecule has 0 aromatic heterocycles. The molecule has 1 aromatic carbocycles. The van der Waals surface area contributed by atoms with Crippen LogP contribution in [0.25, 0.3) is 0 Å². The van der Waals surface area contributed by atoms with Crippen molar-refractivity contribution in [2.75, 3.05) is 40.6 Å². The number of rotatable bonds is 10. The summed E-state index contributed by atoms with van der Waals surface area (Å²) in [5.74, 6) is 0.929. The van der Waals surface area contributed by atoms with Crippen molar-refractivity contribution >= 4 is 0 Å². The summed E-state index contributed by atoms with van der Waals surface area (Å²) in [5.41, 5.74) is 1.19. The molecule has 108 valence electrons. The third-order valence-corrected chi connectivity index (χ3v) is 2.95. The lowest BCUT2D eigenvalue weighted by atomic mass is 10.1. The van der Waals surface area contributed by atoms with E-state index >= 15 is 0 Å². The van der Waals surface area contributed by atoms with Crippen molar-refractivity contribution in [2.24, 2.45) is 0 Å². The van der Waals surface area contributed by atoms with E-state index in [4.69, 9.17) is 14.2 Å². The van der Waals surface area contributed by atoms with Crippen LogP contribution < -0.4 is 10.1 Å². The summed E-state index contributed by atoms with van der Waals surface area (Å²) in [7, 11) is 3.38. The molecule has 0 saturated carbocycles. The fourth-order valence-corrected chi connectivity index (χ4v) is 1.87. The lowest BCUT2D eigenvalue weighted by Gasteiger charge is -2.17. The van der Waals surface area contributed by atoms with Gasteiger partial charge in [0, 0.05) is 25.3 Å². The number of benzene rings is 1. The van der Waals surface area contributed by atoms with Crippen molar-refractivity contribution in [2.45, 2.75) is 19.4 Å². The van der Waals surface area contributed by atoms with Gasteiger partial charge in [0.25, 0.3) is 0 Å². The number of ether oxygens (including phenoxy) is 3. The summed E-state index contributed by atoms with van der Waals surface area (Å²) in [6.07, 6.45) is 0.989. The zero-order chi connectivity index (χ0) is 13.9. The number of hydrogen-bond donors (Lipinski definition) is 1. The molecule has 1 N–H and O–H groups in total. The molecule has 0 saturated heterocycles. The molecule has 0 bridgehead atoms. The van der Waals surface area contributed by atoms with Crippen molar-refractivity contribution in [3.05, 3.63) is 29.8 Å². The Morgan fingerprint density at radius 1 is 1.11 bits per heavy atom. The molecule has 0 spiro atoms. The number of nitrogens with one attached hydrogen (secondary N) is 1. The molecule has 4 heteroatoms. The SMILES string of the molecule is COCCOCCCN[C@@H](C)c1ccccc1OC. The van der Waals surface area contributed by atoms with E-state index in [1.807, 2.05) is 18.2 Å². The second-order valence-electron chi connectivity index (χ2n) is 4.38. The van der Waals surface area contributed by atoms with Crippen LogP contribution in [0.15, 0.2) is 24.3 Å². The third kappa shape index (κ3) is 6.05. The minimum atomic E-state index is 0.273. The quantitative estimate of drug-likeness (QED) is 0.661. The number of methoxy groups -OCH3 is 2. The van der Waals surface area contributed by atoms with Crippen LogP contribution in [-0.4, -0.2) is 40.6 Å². The van der Waals surface area contributed by atoms with Gasteiger partial charge >= 0.3 is 0 Å². The molecule has 0 aliphatic carbocycles. The maximum Gasteiger partial charge on any atom is 0.123 e. The Labute approximate surface area is 116 Å². The van der Waals surface area contributed by atoms with Crippen molar-refractivity contribution < 1.29 is 14.2 Å². The summed E-state index contributed by atoms with van der Waals surface area (Å²) in [5, 5.41) is 3.47. The molecule has 0 radical (unpaired) electrons. The molecule has 4 nitrogen and oxygen atoms in total.